The second-order valence-electron chi connectivity index (χ2n) is 5.28. The van der Waals surface area contributed by atoms with E-state index in [2.05, 4.69) is 35.0 Å². The number of aliphatic hydroxyl groups excluding tert-OH is 1. The summed E-state index contributed by atoms with van der Waals surface area (Å²) >= 11 is 1.80. The summed E-state index contributed by atoms with van der Waals surface area (Å²) in [6, 6.07) is 8.81. The van der Waals surface area contributed by atoms with Crippen molar-refractivity contribution in [2.45, 2.75) is 25.3 Å². The minimum Gasteiger partial charge on any atom is -0.396 e. The highest BCUT2D eigenvalue weighted by Gasteiger charge is 2.44. The molecule has 1 atom stereocenters. The van der Waals surface area contributed by atoms with Crippen LogP contribution in [0.25, 0.3) is 10.1 Å². The average Bonchev–Trinajstić information content (AvgIpc) is 2.77. The van der Waals surface area contributed by atoms with Gasteiger partial charge in [0.2, 0.25) is 0 Å². The Bertz CT molecular complexity index is 539. The van der Waals surface area contributed by atoms with Gasteiger partial charge >= 0.3 is 0 Å². The van der Waals surface area contributed by atoms with Crippen LogP contribution in [0.1, 0.15) is 30.9 Å². The van der Waals surface area contributed by atoms with E-state index in [1.54, 1.807) is 11.3 Å². The van der Waals surface area contributed by atoms with E-state index in [9.17, 15) is 5.11 Å². The van der Waals surface area contributed by atoms with Gasteiger partial charge in [-0.3, -0.25) is 0 Å². The number of fused-ring (bicyclic) bond motifs is 1. The quantitative estimate of drug-likeness (QED) is 0.885. The highest BCUT2D eigenvalue weighted by Crippen LogP contribution is 2.51. The predicted octanol–water partition coefficient (Wildman–Crippen LogP) is 3.32. The van der Waals surface area contributed by atoms with Gasteiger partial charge in [-0.05, 0) is 42.3 Å². The second-order valence-corrected chi connectivity index (χ2v) is 6.19. The van der Waals surface area contributed by atoms with Gasteiger partial charge in [0.05, 0.1) is 6.61 Å². The van der Waals surface area contributed by atoms with Gasteiger partial charge in [0.15, 0.2) is 0 Å². The molecule has 1 heterocycles. The lowest BCUT2D eigenvalue weighted by atomic mass is 9.63. The van der Waals surface area contributed by atoms with Crippen LogP contribution in [0.15, 0.2) is 29.6 Å². The fraction of sp³-hybridized carbons (Fsp3) is 0.467. The van der Waals surface area contributed by atoms with Crippen molar-refractivity contribution in [3.05, 3.63) is 35.2 Å². The number of rotatable bonds is 4. The van der Waals surface area contributed by atoms with E-state index >= 15 is 0 Å². The molecule has 2 nitrogen and oxygen atoms in total. The van der Waals surface area contributed by atoms with E-state index in [1.807, 2.05) is 7.05 Å². The zero-order chi connectivity index (χ0) is 12.6. The molecule has 3 heteroatoms. The molecular weight excluding hydrogens is 242 g/mol. The number of hydrogen-bond donors (Lipinski definition) is 2. The lowest BCUT2D eigenvalue weighted by Gasteiger charge is -2.46. The molecule has 1 unspecified atom stereocenters. The number of hydrogen-bond acceptors (Lipinski definition) is 3. The Labute approximate surface area is 112 Å². The Balaban J connectivity index is 2.06. The van der Waals surface area contributed by atoms with E-state index in [0.29, 0.717) is 0 Å². The molecule has 1 saturated carbocycles. The van der Waals surface area contributed by atoms with Crippen LogP contribution >= 0.6 is 11.3 Å². The van der Waals surface area contributed by atoms with Gasteiger partial charge in [-0.15, -0.1) is 11.3 Å². The third-order valence-electron chi connectivity index (χ3n) is 4.39. The minimum atomic E-state index is 0.0542. The molecule has 0 bridgehead atoms. The Kier molecular flexibility index (Phi) is 3.14. The van der Waals surface area contributed by atoms with Crippen molar-refractivity contribution in [1.82, 2.24) is 5.32 Å². The number of benzene rings is 1. The number of thiophene rings is 1. The first-order valence-electron chi connectivity index (χ1n) is 6.55. The van der Waals surface area contributed by atoms with Crippen LogP contribution in [0.4, 0.5) is 0 Å². The zero-order valence-electron chi connectivity index (χ0n) is 10.6. The van der Waals surface area contributed by atoms with Crippen LogP contribution in [0.2, 0.25) is 0 Å². The molecule has 1 aliphatic carbocycles. The molecule has 0 radical (unpaired) electrons. The SMILES string of the molecule is CNC(c1csc2ccccc12)C1(CO)CCC1. The van der Waals surface area contributed by atoms with Crippen LogP contribution in [0.5, 0.6) is 0 Å². The smallest absolute Gasteiger partial charge is 0.0505 e. The van der Waals surface area contributed by atoms with Gasteiger partial charge in [0.25, 0.3) is 0 Å². The maximum Gasteiger partial charge on any atom is 0.0505 e. The Morgan fingerprint density at radius 2 is 2.17 bits per heavy atom. The van der Waals surface area contributed by atoms with Crippen LogP contribution in [-0.2, 0) is 0 Å². The maximum absolute atomic E-state index is 9.77. The molecule has 0 saturated heterocycles. The van der Waals surface area contributed by atoms with E-state index in [1.165, 1.54) is 22.1 Å². The molecule has 0 aliphatic heterocycles. The van der Waals surface area contributed by atoms with Crippen molar-refractivity contribution in [1.29, 1.82) is 0 Å². The van der Waals surface area contributed by atoms with Gasteiger partial charge in [-0.2, -0.15) is 0 Å². The van der Waals surface area contributed by atoms with Gasteiger partial charge in [0, 0.05) is 16.2 Å². The third kappa shape index (κ3) is 1.69. The highest BCUT2D eigenvalue weighted by molar-refractivity contribution is 7.17. The van der Waals surface area contributed by atoms with E-state index in [4.69, 9.17) is 0 Å². The van der Waals surface area contributed by atoms with E-state index in [0.717, 1.165) is 12.8 Å². The Morgan fingerprint density at radius 1 is 1.39 bits per heavy atom. The molecule has 1 aromatic heterocycles. The number of aliphatic hydroxyl groups is 1. The molecule has 96 valence electrons. The summed E-state index contributed by atoms with van der Waals surface area (Å²) in [6.07, 6.45) is 3.49. The largest absolute Gasteiger partial charge is 0.396 e. The predicted molar refractivity (Wildman–Crippen MR) is 77.0 cm³/mol. The van der Waals surface area contributed by atoms with Gasteiger partial charge in [-0.25, -0.2) is 0 Å². The lowest BCUT2D eigenvalue weighted by Crippen LogP contribution is -2.44. The van der Waals surface area contributed by atoms with Crippen molar-refractivity contribution < 1.29 is 5.11 Å². The van der Waals surface area contributed by atoms with Crippen molar-refractivity contribution in [3.63, 3.8) is 0 Å². The molecule has 18 heavy (non-hydrogen) atoms. The average molecular weight is 261 g/mol. The van der Waals surface area contributed by atoms with Crippen LogP contribution in [0.3, 0.4) is 0 Å². The van der Waals surface area contributed by atoms with Crippen LogP contribution in [-0.4, -0.2) is 18.8 Å². The Hall–Kier alpha value is -0.900. The standard InChI is InChI=1S/C15H19NOS/c1-16-14(15(10-17)7-4-8-15)12-9-18-13-6-3-2-5-11(12)13/h2-3,5-6,9,14,16-17H,4,7-8,10H2,1H3. The maximum atomic E-state index is 9.77. The van der Waals surface area contributed by atoms with Crippen molar-refractivity contribution in [2.24, 2.45) is 5.41 Å². The summed E-state index contributed by atoms with van der Waals surface area (Å²) in [7, 11) is 2.01. The molecule has 2 aromatic rings. The first-order valence-corrected chi connectivity index (χ1v) is 7.43. The highest BCUT2D eigenvalue weighted by atomic mass is 32.1. The fourth-order valence-corrected chi connectivity index (χ4v) is 4.17. The molecule has 2 N–H and O–H groups in total. The molecule has 3 rings (SSSR count). The summed E-state index contributed by atoms with van der Waals surface area (Å²) < 4.78 is 1.33. The molecule has 1 aliphatic rings. The lowest BCUT2D eigenvalue weighted by molar-refractivity contribution is 0.00840. The first-order chi connectivity index (χ1) is 8.80. The normalized spacial score (nSPS) is 19.7. The van der Waals surface area contributed by atoms with E-state index < -0.39 is 0 Å². The number of nitrogens with one attached hydrogen (secondary N) is 1. The van der Waals surface area contributed by atoms with E-state index in [-0.39, 0.29) is 18.1 Å². The topological polar surface area (TPSA) is 32.3 Å². The van der Waals surface area contributed by atoms with Crippen LogP contribution in [0, 0.1) is 5.41 Å². The molecule has 0 spiro atoms. The summed E-state index contributed by atoms with van der Waals surface area (Å²) in [6.45, 7) is 0.280. The monoisotopic (exact) mass is 261 g/mol. The summed E-state index contributed by atoms with van der Waals surface area (Å²) in [5.74, 6) is 0. The molecular formula is C15H19NOS. The van der Waals surface area contributed by atoms with Crippen LogP contribution < -0.4 is 5.32 Å². The zero-order valence-corrected chi connectivity index (χ0v) is 11.5. The summed E-state index contributed by atoms with van der Waals surface area (Å²) in [5, 5.41) is 16.8. The first kappa shape index (κ1) is 12.2. The molecule has 1 fully saturated rings. The van der Waals surface area contributed by atoms with Crippen molar-refractivity contribution in [3.8, 4) is 0 Å². The third-order valence-corrected chi connectivity index (χ3v) is 5.37. The molecule has 0 amide bonds. The van der Waals surface area contributed by atoms with Gasteiger partial charge in [-0.1, -0.05) is 24.6 Å². The minimum absolute atomic E-state index is 0.0542. The summed E-state index contributed by atoms with van der Waals surface area (Å²) in [5.41, 5.74) is 1.41. The fourth-order valence-electron chi connectivity index (χ4n) is 3.18. The van der Waals surface area contributed by atoms with Gasteiger partial charge < -0.3 is 10.4 Å². The second kappa shape index (κ2) is 4.65. The van der Waals surface area contributed by atoms with Crippen molar-refractivity contribution in [2.75, 3.05) is 13.7 Å². The molecule has 1 aromatic carbocycles. The van der Waals surface area contributed by atoms with Crippen molar-refractivity contribution >= 4 is 21.4 Å². The Morgan fingerprint density at radius 3 is 2.78 bits per heavy atom. The summed E-state index contributed by atoms with van der Waals surface area (Å²) in [4.78, 5) is 0. The van der Waals surface area contributed by atoms with Gasteiger partial charge in [0.1, 0.15) is 0 Å².